The normalized spacial score (nSPS) is 14.5. The molecule has 2 aromatic rings. The van der Waals surface area contributed by atoms with Crippen LogP contribution in [0.2, 0.25) is 0 Å². The van der Waals surface area contributed by atoms with Crippen LogP contribution in [0.4, 0.5) is 0 Å². The Morgan fingerprint density at radius 2 is 1.94 bits per heavy atom. The number of nitrogens with one attached hydrogen (secondary N) is 2. The highest BCUT2D eigenvalue weighted by atomic mass is 16.5. The molecule has 166 valence electrons. The van der Waals surface area contributed by atoms with Gasteiger partial charge in [-0.25, -0.2) is 4.79 Å². The van der Waals surface area contributed by atoms with Crippen molar-refractivity contribution in [3.63, 3.8) is 0 Å². The van der Waals surface area contributed by atoms with Crippen molar-refractivity contribution < 1.29 is 28.6 Å². The van der Waals surface area contributed by atoms with Gasteiger partial charge in [-0.05, 0) is 42.9 Å². The van der Waals surface area contributed by atoms with Crippen LogP contribution in [-0.2, 0) is 27.2 Å². The van der Waals surface area contributed by atoms with Crippen molar-refractivity contribution in [3.05, 3.63) is 39.7 Å². The summed E-state index contributed by atoms with van der Waals surface area (Å²) in [6.07, 6.45) is 3.03. The molecule has 0 bridgehead atoms. The highest BCUT2D eigenvalue weighted by Gasteiger charge is 2.21. The summed E-state index contributed by atoms with van der Waals surface area (Å²) in [4.78, 5) is 47.1. The second kappa shape index (κ2) is 9.63. The van der Waals surface area contributed by atoms with Gasteiger partial charge in [0.05, 0.1) is 18.6 Å². The van der Waals surface area contributed by atoms with E-state index in [2.05, 4.69) is 10.6 Å². The summed E-state index contributed by atoms with van der Waals surface area (Å²) in [6, 6.07) is 3.93. The molecule has 0 saturated heterocycles. The van der Waals surface area contributed by atoms with E-state index in [4.69, 9.17) is 9.15 Å². The molecule has 2 amide bonds. The van der Waals surface area contributed by atoms with Crippen molar-refractivity contribution in [2.45, 2.75) is 45.6 Å². The summed E-state index contributed by atoms with van der Waals surface area (Å²) < 4.78 is 10.8. The van der Waals surface area contributed by atoms with Gasteiger partial charge in [-0.15, -0.1) is 0 Å². The lowest BCUT2D eigenvalue weighted by Gasteiger charge is -2.25. The van der Waals surface area contributed by atoms with Crippen LogP contribution in [0.1, 0.15) is 37.8 Å². The second-order valence-corrected chi connectivity index (χ2v) is 7.67. The zero-order chi connectivity index (χ0) is 22.5. The van der Waals surface area contributed by atoms with Gasteiger partial charge in [0.1, 0.15) is 11.3 Å². The summed E-state index contributed by atoms with van der Waals surface area (Å²) in [7, 11) is 0. The molecule has 9 nitrogen and oxygen atoms in total. The van der Waals surface area contributed by atoms with E-state index in [1.807, 2.05) is 0 Å². The fourth-order valence-electron chi connectivity index (χ4n) is 3.63. The number of rotatable bonds is 9. The fourth-order valence-corrected chi connectivity index (χ4v) is 3.63. The summed E-state index contributed by atoms with van der Waals surface area (Å²) in [6.45, 7) is 2.74. The molecule has 2 N–H and O–H groups in total. The summed E-state index contributed by atoms with van der Waals surface area (Å²) in [5, 5.41) is 16.7. The van der Waals surface area contributed by atoms with Crippen molar-refractivity contribution in [2.24, 2.45) is 5.92 Å². The third-order valence-electron chi connectivity index (χ3n) is 5.54. The molecule has 2 atom stereocenters. The van der Waals surface area contributed by atoms with Crippen LogP contribution >= 0.6 is 0 Å². The molecule has 9 heteroatoms. The number of fused-ring (bicyclic) bond motifs is 3. The first kappa shape index (κ1) is 22.3. The molecule has 1 aliphatic rings. The quantitative estimate of drug-likeness (QED) is 0.538. The summed E-state index contributed by atoms with van der Waals surface area (Å²) in [5.41, 5.74) is 1.80. The molecular formula is C22H25N2O7-. The number of ether oxygens (including phenoxy) is 1. The van der Waals surface area contributed by atoms with Gasteiger partial charge in [-0.3, -0.25) is 9.59 Å². The topological polar surface area (TPSA) is 138 Å². The maximum atomic E-state index is 12.1. The first-order valence-electron chi connectivity index (χ1n) is 10.3. The number of carboxylic acids is 1. The molecule has 0 unspecified atom stereocenters. The SMILES string of the molecule is CC[C@H](C)[C@H](NC(=O)CNC(=O)COc1ccc2c3c(c(=O)oc2c1)CCC3)C(=O)[O-]. The van der Waals surface area contributed by atoms with E-state index in [1.165, 1.54) is 0 Å². The van der Waals surface area contributed by atoms with Crippen LogP contribution in [0.25, 0.3) is 11.0 Å². The molecule has 0 spiro atoms. The number of hydrogen-bond acceptors (Lipinski definition) is 7. The molecular weight excluding hydrogens is 404 g/mol. The predicted octanol–water partition coefficient (Wildman–Crippen LogP) is 0.0575. The number of carboxylic acid groups (broad SMARTS) is 1. The van der Waals surface area contributed by atoms with Gasteiger partial charge in [-0.2, -0.15) is 0 Å². The fraction of sp³-hybridized carbons (Fsp3) is 0.455. The van der Waals surface area contributed by atoms with Gasteiger partial charge < -0.3 is 29.7 Å². The first-order valence-corrected chi connectivity index (χ1v) is 10.3. The molecule has 0 fully saturated rings. The Morgan fingerprint density at radius 3 is 2.65 bits per heavy atom. The van der Waals surface area contributed by atoms with E-state index in [-0.39, 0.29) is 24.7 Å². The molecule has 1 heterocycles. The van der Waals surface area contributed by atoms with Crippen LogP contribution in [0, 0.1) is 5.92 Å². The van der Waals surface area contributed by atoms with Gasteiger partial charge in [-0.1, -0.05) is 20.3 Å². The van der Waals surface area contributed by atoms with Crippen LogP contribution < -0.4 is 26.1 Å². The lowest BCUT2D eigenvalue weighted by Crippen LogP contribution is -2.53. The van der Waals surface area contributed by atoms with Crippen molar-refractivity contribution in [1.82, 2.24) is 10.6 Å². The summed E-state index contributed by atoms with van der Waals surface area (Å²) in [5.74, 6) is -2.52. The highest BCUT2D eigenvalue weighted by Crippen LogP contribution is 2.29. The zero-order valence-electron chi connectivity index (χ0n) is 17.5. The number of hydrogen-bond donors (Lipinski definition) is 2. The van der Waals surface area contributed by atoms with Gasteiger partial charge in [0.2, 0.25) is 5.91 Å². The van der Waals surface area contributed by atoms with Gasteiger partial charge in [0, 0.05) is 17.0 Å². The molecule has 0 radical (unpaired) electrons. The van der Waals surface area contributed by atoms with Crippen molar-refractivity contribution in [3.8, 4) is 5.75 Å². The Kier molecular flexibility index (Phi) is 6.94. The minimum absolute atomic E-state index is 0.304. The standard InChI is InChI=1S/C22H26N2O7/c1-3-12(2)20(21(27)28)24-18(25)10-23-19(26)11-30-13-7-8-15-14-5-4-6-16(14)22(29)31-17(15)9-13/h7-9,12,20H,3-6,10-11H2,1-2H3,(H,23,26)(H,24,25)(H,27,28)/p-1/t12-,20-/m0/s1. The molecule has 1 aliphatic carbocycles. The lowest BCUT2D eigenvalue weighted by molar-refractivity contribution is -0.309. The third-order valence-corrected chi connectivity index (χ3v) is 5.54. The lowest BCUT2D eigenvalue weighted by atomic mass is 9.99. The Balaban J connectivity index is 1.53. The predicted molar refractivity (Wildman–Crippen MR) is 109 cm³/mol. The molecule has 31 heavy (non-hydrogen) atoms. The van der Waals surface area contributed by atoms with Crippen LogP contribution in [-0.4, -0.2) is 37.0 Å². The summed E-state index contributed by atoms with van der Waals surface area (Å²) >= 11 is 0. The minimum atomic E-state index is -1.37. The number of aryl methyl sites for hydroxylation is 1. The van der Waals surface area contributed by atoms with Crippen LogP contribution in [0.3, 0.4) is 0 Å². The smallest absolute Gasteiger partial charge is 0.339 e. The Hall–Kier alpha value is -3.36. The maximum Gasteiger partial charge on any atom is 0.339 e. The largest absolute Gasteiger partial charge is 0.548 e. The van der Waals surface area contributed by atoms with Crippen LogP contribution in [0.5, 0.6) is 5.75 Å². The number of carbonyl (C=O) groups is 3. The molecule has 3 rings (SSSR count). The third kappa shape index (κ3) is 5.22. The van der Waals surface area contributed by atoms with Crippen LogP contribution in [0.15, 0.2) is 27.4 Å². The maximum absolute atomic E-state index is 12.1. The van der Waals surface area contributed by atoms with Gasteiger partial charge >= 0.3 is 5.63 Å². The number of benzene rings is 1. The minimum Gasteiger partial charge on any atom is -0.548 e. The second-order valence-electron chi connectivity index (χ2n) is 7.67. The monoisotopic (exact) mass is 429 g/mol. The van der Waals surface area contributed by atoms with Crippen molar-refractivity contribution in [2.75, 3.05) is 13.2 Å². The zero-order valence-corrected chi connectivity index (χ0v) is 17.5. The molecule has 1 aromatic heterocycles. The number of carbonyl (C=O) groups excluding carboxylic acids is 3. The van der Waals surface area contributed by atoms with E-state index >= 15 is 0 Å². The average Bonchev–Trinajstić information content (AvgIpc) is 3.24. The van der Waals surface area contributed by atoms with E-state index in [1.54, 1.807) is 32.0 Å². The highest BCUT2D eigenvalue weighted by molar-refractivity contribution is 5.88. The van der Waals surface area contributed by atoms with E-state index in [0.717, 1.165) is 35.8 Å². The van der Waals surface area contributed by atoms with Crippen molar-refractivity contribution in [1.29, 1.82) is 0 Å². The first-order chi connectivity index (χ1) is 14.8. The van der Waals surface area contributed by atoms with Gasteiger partial charge in [0.25, 0.3) is 5.91 Å². The number of amides is 2. The molecule has 0 aliphatic heterocycles. The van der Waals surface area contributed by atoms with Crippen molar-refractivity contribution >= 4 is 28.8 Å². The Bertz CT molecular complexity index is 1060. The Morgan fingerprint density at radius 1 is 1.19 bits per heavy atom. The van der Waals surface area contributed by atoms with E-state index < -0.39 is 23.8 Å². The van der Waals surface area contributed by atoms with Gasteiger partial charge in [0.15, 0.2) is 6.61 Å². The molecule has 0 saturated carbocycles. The van der Waals surface area contributed by atoms with E-state index in [9.17, 15) is 24.3 Å². The Labute approximate surface area is 178 Å². The number of aliphatic carboxylic acids is 1. The average molecular weight is 429 g/mol. The molecule has 1 aromatic carbocycles. The van der Waals surface area contributed by atoms with E-state index in [0.29, 0.717) is 17.8 Å².